The van der Waals surface area contributed by atoms with E-state index in [0.717, 1.165) is 38.7 Å². The molecule has 138 valence electrons. The summed E-state index contributed by atoms with van der Waals surface area (Å²) in [6, 6.07) is 0. The Morgan fingerprint density at radius 1 is 1.17 bits per heavy atom. The van der Waals surface area contributed by atoms with Gasteiger partial charge in [-0.3, -0.25) is 4.99 Å². The highest BCUT2D eigenvalue weighted by atomic mass is 127. The monoisotopic (exact) mass is 441 g/mol. The summed E-state index contributed by atoms with van der Waals surface area (Å²) in [6.07, 6.45) is 6.38. The topological polar surface area (TPSA) is 54.9 Å². The summed E-state index contributed by atoms with van der Waals surface area (Å²) >= 11 is 0. The number of guanidine groups is 1. The highest BCUT2D eigenvalue weighted by molar-refractivity contribution is 14.0. The lowest BCUT2D eigenvalue weighted by atomic mass is 9.83. The Labute approximate surface area is 159 Å². The number of nitrogens with one attached hydrogen (secondary N) is 2. The van der Waals surface area contributed by atoms with E-state index >= 15 is 0 Å². The molecule has 1 aliphatic carbocycles. The van der Waals surface area contributed by atoms with Crippen LogP contribution in [0.15, 0.2) is 4.99 Å². The molecule has 0 aromatic rings. The summed E-state index contributed by atoms with van der Waals surface area (Å²) in [5.41, 5.74) is 0.377. The van der Waals surface area contributed by atoms with Crippen LogP contribution in [0.5, 0.6) is 0 Å². The minimum atomic E-state index is 0. The molecule has 5 nitrogen and oxygen atoms in total. The molecule has 0 aromatic heterocycles. The lowest BCUT2D eigenvalue weighted by Gasteiger charge is -2.30. The van der Waals surface area contributed by atoms with E-state index in [9.17, 15) is 0 Å². The van der Waals surface area contributed by atoms with Crippen molar-refractivity contribution in [3.05, 3.63) is 0 Å². The van der Waals surface area contributed by atoms with Gasteiger partial charge in [0.25, 0.3) is 0 Å². The minimum absolute atomic E-state index is 0. The first-order valence-corrected chi connectivity index (χ1v) is 8.63. The normalized spacial score (nSPS) is 17.2. The van der Waals surface area contributed by atoms with Gasteiger partial charge in [0, 0.05) is 40.5 Å². The fourth-order valence-corrected chi connectivity index (χ4v) is 3.01. The number of halogens is 1. The van der Waals surface area contributed by atoms with Crippen LogP contribution in [-0.4, -0.2) is 53.0 Å². The molecule has 23 heavy (non-hydrogen) atoms. The van der Waals surface area contributed by atoms with Gasteiger partial charge in [0.05, 0.1) is 6.61 Å². The standard InChI is InChI=1S/C17H35N3O2.HI/c1-15(2)13-22-12-10-19-16(18-3)20-14-17(9-11-21-4)7-5-6-8-17;/h15H,5-14H2,1-4H3,(H2,18,19,20);1H. The average molecular weight is 441 g/mol. The molecule has 6 heteroatoms. The van der Waals surface area contributed by atoms with Gasteiger partial charge < -0.3 is 20.1 Å². The van der Waals surface area contributed by atoms with E-state index in [2.05, 4.69) is 29.5 Å². The number of aliphatic imine (C=N–C) groups is 1. The summed E-state index contributed by atoms with van der Waals surface area (Å²) in [4.78, 5) is 4.30. The third kappa shape index (κ3) is 9.72. The number of ether oxygens (including phenoxy) is 2. The van der Waals surface area contributed by atoms with Crippen LogP contribution in [0.4, 0.5) is 0 Å². The zero-order chi connectivity index (χ0) is 16.3. The van der Waals surface area contributed by atoms with Crippen molar-refractivity contribution in [3.63, 3.8) is 0 Å². The van der Waals surface area contributed by atoms with Gasteiger partial charge in [-0.15, -0.1) is 24.0 Å². The highest BCUT2D eigenvalue weighted by Crippen LogP contribution is 2.40. The summed E-state index contributed by atoms with van der Waals surface area (Å²) < 4.78 is 10.9. The lowest BCUT2D eigenvalue weighted by Crippen LogP contribution is -2.44. The van der Waals surface area contributed by atoms with Gasteiger partial charge in [-0.2, -0.15) is 0 Å². The molecular weight excluding hydrogens is 405 g/mol. The van der Waals surface area contributed by atoms with Crippen molar-refractivity contribution < 1.29 is 9.47 Å². The van der Waals surface area contributed by atoms with Gasteiger partial charge in [0.15, 0.2) is 5.96 Å². The van der Waals surface area contributed by atoms with Gasteiger partial charge in [-0.05, 0) is 30.6 Å². The van der Waals surface area contributed by atoms with Crippen LogP contribution in [0, 0.1) is 11.3 Å². The van der Waals surface area contributed by atoms with Crippen LogP contribution in [0.1, 0.15) is 46.0 Å². The molecule has 0 atom stereocenters. The van der Waals surface area contributed by atoms with E-state index in [-0.39, 0.29) is 24.0 Å². The first-order chi connectivity index (χ1) is 10.6. The molecule has 1 rings (SSSR count). The van der Waals surface area contributed by atoms with Crippen LogP contribution in [0.2, 0.25) is 0 Å². The summed E-state index contributed by atoms with van der Waals surface area (Å²) in [5.74, 6) is 1.46. The van der Waals surface area contributed by atoms with Crippen molar-refractivity contribution in [1.29, 1.82) is 0 Å². The van der Waals surface area contributed by atoms with E-state index < -0.39 is 0 Å². The third-order valence-corrected chi connectivity index (χ3v) is 4.35. The number of nitrogens with zero attached hydrogens (tertiary/aromatic N) is 1. The van der Waals surface area contributed by atoms with E-state index in [1.165, 1.54) is 25.7 Å². The summed E-state index contributed by atoms with van der Waals surface area (Å²) in [6.45, 7) is 8.46. The summed E-state index contributed by atoms with van der Waals surface area (Å²) in [5, 5.41) is 6.81. The maximum absolute atomic E-state index is 5.58. The van der Waals surface area contributed by atoms with E-state index in [1.807, 2.05) is 7.05 Å². The van der Waals surface area contributed by atoms with Crippen molar-refractivity contribution in [2.75, 3.05) is 47.1 Å². The first kappa shape index (κ1) is 22.9. The smallest absolute Gasteiger partial charge is 0.191 e. The zero-order valence-corrected chi connectivity index (χ0v) is 17.7. The maximum atomic E-state index is 5.58. The average Bonchev–Trinajstić information content (AvgIpc) is 2.97. The Balaban J connectivity index is 0.00000484. The van der Waals surface area contributed by atoms with Gasteiger partial charge >= 0.3 is 0 Å². The van der Waals surface area contributed by atoms with Gasteiger partial charge in [-0.25, -0.2) is 0 Å². The van der Waals surface area contributed by atoms with E-state index in [4.69, 9.17) is 9.47 Å². The molecule has 0 aromatic carbocycles. The summed E-state index contributed by atoms with van der Waals surface area (Å²) in [7, 11) is 3.61. The van der Waals surface area contributed by atoms with E-state index in [0.29, 0.717) is 17.9 Å². The number of methoxy groups -OCH3 is 1. The number of rotatable bonds is 10. The molecule has 2 N–H and O–H groups in total. The second-order valence-electron chi connectivity index (χ2n) is 6.77. The number of hydrogen-bond donors (Lipinski definition) is 2. The molecule has 0 saturated heterocycles. The molecule has 0 aliphatic heterocycles. The van der Waals surface area contributed by atoms with Gasteiger partial charge in [0.1, 0.15) is 0 Å². The minimum Gasteiger partial charge on any atom is -0.385 e. The van der Waals surface area contributed by atoms with Crippen molar-refractivity contribution >= 4 is 29.9 Å². The Bertz CT molecular complexity index is 319. The maximum Gasteiger partial charge on any atom is 0.191 e. The Kier molecular flexibility index (Phi) is 13.2. The molecule has 0 amide bonds. The molecule has 0 unspecified atom stereocenters. The van der Waals surface area contributed by atoms with Gasteiger partial charge in [0.2, 0.25) is 0 Å². The molecule has 1 saturated carbocycles. The largest absolute Gasteiger partial charge is 0.385 e. The molecule has 0 radical (unpaired) electrons. The quantitative estimate of drug-likeness (QED) is 0.237. The predicted octanol–water partition coefficient (Wildman–Crippen LogP) is 3.04. The Hall–Kier alpha value is -0.0800. The SMILES string of the molecule is CN=C(NCCOCC(C)C)NCC1(CCOC)CCCC1.I. The van der Waals surface area contributed by atoms with E-state index in [1.54, 1.807) is 7.11 Å². The second kappa shape index (κ2) is 13.2. The van der Waals surface area contributed by atoms with Crippen LogP contribution < -0.4 is 10.6 Å². The highest BCUT2D eigenvalue weighted by Gasteiger charge is 2.33. The molecule has 1 fully saturated rings. The first-order valence-electron chi connectivity index (χ1n) is 8.63. The third-order valence-electron chi connectivity index (χ3n) is 4.35. The molecule has 0 bridgehead atoms. The Morgan fingerprint density at radius 3 is 2.43 bits per heavy atom. The lowest BCUT2D eigenvalue weighted by molar-refractivity contribution is 0.114. The van der Waals surface area contributed by atoms with Crippen LogP contribution in [-0.2, 0) is 9.47 Å². The number of hydrogen-bond acceptors (Lipinski definition) is 3. The molecule has 0 heterocycles. The molecule has 0 spiro atoms. The van der Waals surface area contributed by atoms with Crippen LogP contribution in [0.3, 0.4) is 0 Å². The zero-order valence-electron chi connectivity index (χ0n) is 15.3. The van der Waals surface area contributed by atoms with Crippen molar-refractivity contribution in [1.82, 2.24) is 10.6 Å². The van der Waals surface area contributed by atoms with Crippen molar-refractivity contribution in [2.24, 2.45) is 16.3 Å². The van der Waals surface area contributed by atoms with Crippen molar-refractivity contribution in [3.8, 4) is 0 Å². The van der Waals surface area contributed by atoms with Gasteiger partial charge in [-0.1, -0.05) is 26.7 Å². The fourth-order valence-electron chi connectivity index (χ4n) is 3.01. The molecule has 1 aliphatic rings. The van der Waals surface area contributed by atoms with Crippen LogP contribution in [0.25, 0.3) is 0 Å². The second-order valence-corrected chi connectivity index (χ2v) is 6.77. The van der Waals surface area contributed by atoms with Crippen molar-refractivity contribution in [2.45, 2.75) is 46.0 Å². The molecular formula is C17H36IN3O2. The Morgan fingerprint density at radius 2 is 1.87 bits per heavy atom. The predicted molar refractivity (Wildman–Crippen MR) is 108 cm³/mol. The fraction of sp³-hybridized carbons (Fsp3) is 0.941. The van der Waals surface area contributed by atoms with Crippen LogP contribution >= 0.6 is 24.0 Å².